The molecule has 0 N–H and O–H groups in total. The van der Waals surface area contributed by atoms with Crippen molar-refractivity contribution < 1.29 is 49.0 Å². The molecular formula is C65H60Cl2Zr-2. The van der Waals surface area contributed by atoms with Crippen molar-refractivity contribution in [2.45, 2.75) is 78.1 Å². The van der Waals surface area contributed by atoms with Gasteiger partial charge in [0.15, 0.2) is 0 Å². The molecular weight excluding hydrogens is 943 g/mol. The Balaban J connectivity index is 0.000000199. The van der Waals surface area contributed by atoms with Crippen molar-refractivity contribution in [3.8, 4) is 55.6 Å². The number of halogens is 2. The molecule has 2 aliphatic carbocycles. The van der Waals surface area contributed by atoms with Gasteiger partial charge in [0.1, 0.15) is 0 Å². The quantitative estimate of drug-likeness (QED) is 0.133. The number of allylic oxidation sites excluding steroid dienone is 4. The zero-order valence-electron chi connectivity index (χ0n) is 40.2. The zero-order valence-corrected chi connectivity index (χ0v) is 44.2. The van der Waals surface area contributed by atoms with Crippen LogP contribution in [-0.4, -0.2) is 3.21 Å². The molecule has 2 aliphatic rings. The zero-order chi connectivity index (χ0) is 46.1. The molecule has 0 aliphatic heterocycles. The number of fused-ring (bicyclic) bond motifs is 3. The third kappa shape index (κ3) is 13.2. The molecule has 8 aromatic carbocycles. The van der Waals surface area contributed by atoms with Crippen LogP contribution in [0.3, 0.4) is 0 Å². The van der Waals surface area contributed by atoms with Crippen molar-refractivity contribution in [2.75, 3.05) is 0 Å². The fraction of sp³-hybridized carbons (Fsp3) is 0.185. The van der Waals surface area contributed by atoms with Gasteiger partial charge in [0, 0.05) is 0 Å². The van der Waals surface area contributed by atoms with Crippen LogP contribution in [0.5, 0.6) is 0 Å². The third-order valence-corrected chi connectivity index (χ3v) is 13.2. The van der Waals surface area contributed by atoms with Crippen LogP contribution < -0.4 is 24.8 Å². The Bertz CT molecular complexity index is 2730. The number of benzene rings is 8. The summed E-state index contributed by atoms with van der Waals surface area (Å²) in [6.07, 6.45) is 13.1. The Kier molecular flexibility index (Phi) is 18.1. The molecule has 0 aromatic heterocycles. The SMILES string of the molecule is CC(C)(C)c1cc2c([c-]c1-c1ccccc1)Cc1cc(-c3ccccc3)c(C(C)(C)C)cc1-2.[C-]1=CC=CC1.[Cl-].[Cl-].[Zr+2]=[C](Cc1ccc(-c2ccccc2)cc1)Cc1ccc(-c2ccccc2)cc1. The molecule has 10 rings (SSSR count). The molecule has 68 heavy (non-hydrogen) atoms. The van der Waals surface area contributed by atoms with Gasteiger partial charge in [-0.05, 0) is 39.5 Å². The number of hydrogen-bond acceptors (Lipinski definition) is 0. The van der Waals surface area contributed by atoms with Crippen LogP contribution in [0.2, 0.25) is 0 Å². The van der Waals surface area contributed by atoms with Crippen LogP contribution >= 0.6 is 0 Å². The van der Waals surface area contributed by atoms with Gasteiger partial charge in [-0.3, -0.25) is 6.08 Å². The minimum absolute atomic E-state index is 0. The van der Waals surface area contributed by atoms with Gasteiger partial charge in [-0.15, -0.1) is 35.2 Å². The molecule has 0 unspecified atom stereocenters. The number of rotatable bonds is 8. The third-order valence-electron chi connectivity index (χ3n) is 12.4. The molecule has 8 aromatic rings. The Morgan fingerprint density at radius 1 is 0.471 bits per heavy atom. The van der Waals surface area contributed by atoms with Crippen LogP contribution in [0, 0.1) is 12.1 Å². The molecule has 0 amide bonds. The summed E-state index contributed by atoms with van der Waals surface area (Å²) in [5.41, 5.74) is 21.4. The van der Waals surface area contributed by atoms with E-state index in [9.17, 15) is 0 Å². The molecule has 0 nitrogen and oxygen atoms in total. The van der Waals surface area contributed by atoms with Crippen molar-refractivity contribution in [3.05, 3.63) is 252 Å². The van der Waals surface area contributed by atoms with Crippen LogP contribution in [-0.2, 0) is 54.3 Å². The summed E-state index contributed by atoms with van der Waals surface area (Å²) < 4.78 is 1.58. The molecule has 0 saturated heterocycles. The molecule has 0 radical (unpaired) electrons. The molecule has 0 spiro atoms. The Morgan fingerprint density at radius 3 is 1.31 bits per heavy atom. The van der Waals surface area contributed by atoms with Gasteiger partial charge in [0.2, 0.25) is 0 Å². The van der Waals surface area contributed by atoms with Crippen molar-refractivity contribution in [1.29, 1.82) is 0 Å². The minimum atomic E-state index is 0. The molecule has 0 heterocycles. The van der Waals surface area contributed by atoms with Crippen LogP contribution in [0.4, 0.5) is 0 Å². The second-order valence-corrected chi connectivity index (χ2v) is 21.2. The maximum absolute atomic E-state index is 3.88. The van der Waals surface area contributed by atoms with Crippen molar-refractivity contribution >= 4 is 3.21 Å². The van der Waals surface area contributed by atoms with E-state index in [1.54, 1.807) is 3.21 Å². The average molecular weight is 1000 g/mol. The van der Waals surface area contributed by atoms with Crippen LogP contribution in [0.15, 0.2) is 206 Å². The normalized spacial score (nSPS) is 12.0. The summed E-state index contributed by atoms with van der Waals surface area (Å²) in [6, 6.07) is 72.0. The first-order chi connectivity index (χ1) is 31.9. The second-order valence-electron chi connectivity index (χ2n) is 19.5. The van der Waals surface area contributed by atoms with Gasteiger partial charge in [-0.2, -0.15) is 6.08 Å². The van der Waals surface area contributed by atoms with Crippen molar-refractivity contribution in [1.82, 2.24) is 0 Å². The summed E-state index contributed by atoms with van der Waals surface area (Å²) in [5.74, 6) is 0. The molecule has 340 valence electrons. The first-order valence-corrected chi connectivity index (χ1v) is 24.6. The fourth-order valence-electron chi connectivity index (χ4n) is 8.89. The van der Waals surface area contributed by atoms with Crippen LogP contribution in [0.25, 0.3) is 55.6 Å². The fourth-order valence-corrected chi connectivity index (χ4v) is 9.89. The van der Waals surface area contributed by atoms with Crippen molar-refractivity contribution in [2.24, 2.45) is 0 Å². The van der Waals surface area contributed by atoms with E-state index >= 15 is 0 Å². The van der Waals surface area contributed by atoms with E-state index in [2.05, 4.69) is 248 Å². The second kappa shape index (κ2) is 23.7. The van der Waals surface area contributed by atoms with Gasteiger partial charge < -0.3 is 24.8 Å². The Labute approximate surface area is 434 Å². The van der Waals surface area contributed by atoms with Gasteiger partial charge in [-0.25, -0.2) is 12.2 Å². The van der Waals surface area contributed by atoms with Gasteiger partial charge in [-0.1, -0.05) is 131 Å². The monoisotopic (exact) mass is 1000 g/mol. The summed E-state index contributed by atoms with van der Waals surface area (Å²) in [5, 5.41) is 0. The first kappa shape index (κ1) is 52.0. The van der Waals surface area contributed by atoms with E-state index in [0.717, 1.165) is 25.7 Å². The molecule has 3 heteroatoms. The average Bonchev–Trinajstić information content (AvgIpc) is 4.04. The van der Waals surface area contributed by atoms with E-state index in [0.29, 0.717) is 0 Å². The van der Waals surface area contributed by atoms with E-state index in [-0.39, 0.29) is 35.6 Å². The first-order valence-electron chi connectivity index (χ1n) is 23.4. The van der Waals surface area contributed by atoms with E-state index in [1.807, 2.05) is 12.2 Å². The molecule has 0 bridgehead atoms. The van der Waals surface area contributed by atoms with E-state index in [1.165, 1.54) is 113 Å². The van der Waals surface area contributed by atoms with E-state index in [4.69, 9.17) is 0 Å². The predicted octanol–water partition coefficient (Wildman–Crippen LogP) is 10.8. The Morgan fingerprint density at radius 2 is 0.897 bits per heavy atom. The molecule has 0 atom stereocenters. The molecule has 0 fully saturated rings. The Hall–Kier alpha value is -5.43. The van der Waals surface area contributed by atoms with E-state index < -0.39 is 0 Å². The van der Waals surface area contributed by atoms with Crippen LogP contribution in [0.1, 0.15) is 81.3 Å². The number of hydrogen-bond donors (Lipinski definition) is 0. The summed E-state index contributed by atoms with van der Waals surface area (Å²) in [4.78, 5) is 0. The van der Waals surface area contributed by atoms with Gasteiger partial charge in [0.25, 0.3) is 0 Å². The standard InChI is InChI=1S/C33H33.C27H22.C5H5.2ClH.Zr/c1-32(2,3)30-20-26-24(18-28(30)22-13-9-7-10-14-22)17-25-19-29(23-15-11-8-12-16-23)31(21-27(25)26)33(4,5)6;1-3-10-24(11-4-1)26-18-14-22(15-19-26)8-7-9-23-16-20-27(21-17-23)25-12-5-2-6-13-25;1-2-4-5-3-1;;;/h7-16,18,20-21H,17H2,1-6H3;1-6,10-21H,8-9H2;1-3H,4H2;2*1H;/q-1;;-1;;;+2/p-2. The summed E-state index contributed by atoms with van der Waals surface area (Å²) in [6.45, 7) is 13.9. The summed E-state index contributed by atoms with van der Waals surface area (Å²) >= 11 is 1.52. The van der Waals surface area contributed by atoms with Crippen molar-refractivity contribution in [3.63, 3.8) is 0 Å². The molecule has 0 saturated carbocycles. The predicted molar refractivity (Wildman–Crippen MR) is 280 cm³/mol. The van der Waals surface area contributed by atoms with Gasteiger partial charge in [0.05, 0.1) is 0 Å². The maximum atomic E-state index is 3.88. The van der Waals surface area contributed by atoms with Gasteiger partial charge >= 0.3 is 183 Å². The topological polar surface area (TPSA) is 0 Å². The summed E-state index contributed by atoms with van der Waals surface area (Å²) in [7, 11) is 0.